The van der Waals surface area contributed by atoms with Crippen LogP contribution in [0.1, 0.15) is 16.8 Å². The number of halogens is 2. The number of alkyl halides is 1. The quantitative estimate of drug-likeness (QED) is 0.466. The summed E-state index contributed by atoms with van der Waals surface area (Å²) >= 11 is 8.30. The average Bonchev–Trinajstić information content (AvgIpc) is 2.17. The van der Waals surface area contributed by atoms with Crippen molar-refractivity contribution in [2.45, 2.75) is 11.3 Å². The molecule has 0 aliphatic heterocycles. The fraction of sp³-hybridized carbons (Fsp3) is 0.300. The summed E-state index contributed by atoms with van der Waals surface area (Å²) in [6.45, 7) is 0. The molecule has 0 saturated carbocycles. The van der Waals surface area contributed by atoms with E-state index in [-0.39, 0.29) is 5.78 Å². The molecule has 0 radical (unpaired) electrons. The number of rotatable bonds is 4. The van der Waals surface area contributed by atoms with Gasteiger partial charge in [-0.1, -0.05) is 31.9 Å². The molecule has 0 aromatic heterocycles. The molecule has 0 amide bonds. The highest BCUT2D eigenvalue weighted by atomic mass is 79.9. The average molecular weight is 338 g/mol. The van der Waals surface area contributed by atoms with Gasteiger partial charge in [0.15, 0.2) is 5.78 Å². The molecule has 0 unspecified atom stereocenters. The molecule has 0 aliphatic rings. The molecule has 0 fully saturated rings. The summed E-state index contributed by atoms with van der Waals surface area (Å²) in [6.07, 6.45) is 2.55. The summed E-state index contributed by atoms with van der Waals surface area (Å²) in [5.74, 6) is 0.179. The number of benzene rings is 1. The molecule has 0 heterocycles. The highest BCUT2D eigenvalue weighted by molar-refractivity contribution is 9.10. The second-order valence-corrected chi connectivity index (χ2v) is 5.33. The van der Waals surface area contributed by atoms with Gasteiger partial charge in [0, 0.05) is 26.7 Å². The molecule has 0 saturated heterocycles. The van der Waals surface area contributed by atoms with Gasteiger partial charge in [-0.2, -0.15) is 0 Å². The predicted octanol–water partition coefficient (Wildman–Crippen LogP) is 4.14. The van der Waals surface area contributed by atoms with Crippen LogP contribution in [0.25, 0.3) is 0 Å². The number of carbonyl (C=O) groups is 1. The van der Waals surface area contributed by atoms with Gasteiger partial charge in [0.2, 0.25) is 0 Å². The van der Waals surface area contributed by atoms with Crippen LogP contribution in [0.5, 0.6) is 0 Å². The standard InChI is InChI=1S/C10H10Br2OS/c1-14-9-5-7(4-8(12)6-9)10(13)2-3-11/h4-6H,2-3H2,1H3. The van der Waals surface area contributed by atoms with Gasteiger partial charge in [-0.15, -0.1) is 11.8 Å². The van der Waals surface area contributed by atoms with Gasteiger partial charge in [0.25, 0.3) is 0 Å². The van der Waals surface area contributed by atoms with E-state index in [4.69, 9.17) is 0 Å². The second kappa shape index (κ2) is 5.93. The van der Waals surface area contributed by atoms with Crippen LogP contribution >= 0.6 is 43.6 Å². The third-order valence-corrected chi connectivity index (χ3v) is 3.31. The molecule has 0 spiro atoms. The van der Waals surface area contributed by atoms with Gasteiger partial charge in [-0.3, -0.25) is 4.79 Å². The first-order chi connectivity index (χ1) is 6.67. The lowest BCUT2D eigenvalue weighted by atomic mass is 10.1. The van der Waals surface area contributed by atoms with Gasteiger partial charge in [-0.05, 0) is 24.5 Å². The van der Waals surface area contributed by atoms with Crippen LogP contribution in [-0.2, 0) is 0 Å². The predicted molar refractivity (Wildman–Crippen MR) is 68.7 cm³/mol. The fourth-order valence-electron chi connectivity index (χ4n) is 1.07. The van der Waals surface area contributed by atoms with Crippen molar-refractivity contribution >= 4 is 49.4 Å². The zero-order valence-electron chi connectivity index (χ0n) is 7.72. The summed E-state index contributed by atoms with van der Waals surface area (Å²) < 4.78 is 0.960. The van der Waals surface area contributed by atoms with Gasteiger partial charge in [-0.25, -0.2) is 0 Å². The zero-order valence-corrected chi connectivity index (χ0v) is 11.7. The van der Waals surface area contributed by atoms with E-state index >= 15 is 0 Å². The maximum atomic E-state index is 11.6. The molecular formula is C10H10Br2OS. The van der Waals surface area contributed by atoms with Crippen molar-refractivity contribution in [3.8, 4) is 0 Å². The molecule has 14 heavy (non-hydrogen) atoms. The monoisotopic (exact) mass is 336 g/mol. The Kier molecular flexibility index (Phi) is 5.20. The van der Waals surface area contributed by atoms with Crippen molar-refractivity contribution < 1.29 is 4.79 Å². The van der Waals surface area contributed by atoms with Crippen LogP contribution in [0.4, 0.5) is 0 Å². The maximum Gasteiger partial charge on any atom is 0.163 e. The molecule has 1 aromatic rings. The summed E-state index contributed by atoms with van der Waals surface area (Å²) in [6, 6.07) is 5.81. The molecule has 76 valence electrons. The van der Waals surface area contributed by atoms with Crippen LogP contribution in [0, 0.1) is 0 Å². The number of hydrogen-bond acceptors (Lipinski definition) is 2. The van der Waals surface area contributed by atoms with E-state index in [0.717, 1.165) is 14.9 Å². The maximum absolute atomic E-state index is 11.6. The molecule has 0 atom stereocenters. The van der Waals surface area contributed by atoms with Crippen LogP contribution < -0.4 is 0 Å². The molecular weight excluding hydrogens is 328 g/mol. The van der Waals surface area contributed by atoms with Gasteiger partial charge < -0.3 is 0 Å². The number of Topliss-reactive ketones (excluding diaryl/α,β-unsaturated/α-hetero) is 1. The van der Waals surface area contributed by atoms with E-state index in [1.165, 1.54) is 0 Å². The highest BCUT2D eigenvalue weighted by Crippen LogP contribution is 2.23. The van der Waals surface area contributed by atoms with Crippen molar-refractivity contribution in [3.63, 3.8) is 0 Å². The van der Waals surface area contributed by atoms with Crippen LogP contribution in [-0.4, -0.2) is 17.4 Å². The minimum atomic E-state index is 0.179. The van der Waals surface area contributed by atoms with Crippen LogP contribution in [0.3, 0.4) is 0 Å². The Balaban J connectivity index is 2.96. The first-order valence-electron chi connectivity index (χ1n) is 4.11. The van der Waals surface area contributed by atoms with E-state index < -0.39 is 0 Å². The Hall–Kier alpha value is 0.200. The lowest BCUT2D eigenvalue weighted by Crippen LogP contribution is -1.99. The Morgan fingerprint density at radius 3 is 2.71 bits per heavy atom. The highest BCUT2D eigenvalue weighted by Gasteiger charge is 2.06. The molecule has 4 heteroatoms. The fourth-order valence-corrected chi connectivity index (χ4v) is 2.57. The third-order valence-electron chi connectivity index (χ3n) is 1.75. The Morgan fingerprint density at radius 2 is 2.14 bits per heavy atom. The number of carbonyl (C=O) groups excluding carboxylic acids is 1. The molecule has 1 nitrogen and oxygen atoms in total. The number of hydrogen-bond donors (Lipinski definition) is 0. The van der Waals surface area contributed by atoms with Crippen LogP contribution in [0.15, 0.2) is 27.6 Å². The second-order valence-electron chi connectivity index (χ2n) is 2.74. The van der Waals surface area contributed by atoms with Gasteiger partial charge in [0.1, 0.15) is 0 Å². The first-order valence-corrected chi connectivity index (χ1v) is 7.25. The minimum absolute atomic E-state index is 0.179. The van der Waals surface area contributed by atoms with Crippen molar-refractivity contribution in [2.24, 2.45) is 0 Å². The lowest BCUT2D eigenvalue weighted by Gasteiger charge is -2.03. The van der Waals surface area contributed by atoms with Gasteiger partial charge >= 0.3 is 0 Å². The molecule has 0 bridgehead atoms. The largest absolute Gasteiger partial charge is 0.294 e. The summed E-state index contributed by atoms with van der Waals surface area (Å²) in [4.78, 5) is 12.7. The van der Waals surface area contributed by atoms with Gasteiger partial charge in [0.05, 0.1) is 0 Å². The number of thioether (sulfide) groups is 1. The van der Waals surface area contributed by atoms with Crippen molar-refractivity contribution in [1.29, 1.82) is 0 Å². The van der Waals surface area contributed by atoms with Crippen LogP contribution in [0.2, 0.25) is 0 Å². The van der Waals surface area contributed by atoms with E-state index in [0.29, 0.717) is 11.8 Å². The number of ketones is 1. The molecule has 1 rings (SSSR count). The Morgan fingerprint density at radius 1 is 1.43 bits per heavy atom. The Bertz CT molecular complexity index is 339. The molecule has 0 aliphatic carbocycles. The topological polar surface area (TPSA) is 17.1 Å². The lowest BCUT2D eigenvalue weighted by molar-refractivity contribution is 0.0989. The first kappa shape index (κ1) is 12.3. The van der Waals surface area contributed by atoms with E-state index in [2.05, 4.69) is 31.9 Å². The van der Waals surface area contributed by atoms with E-state index in [9.17, 15) is 4.79 Å². The molecule has 1 aromatic carbocycles. The van der Waals surface area contributed by atoms with Crippen molar-refractivity contribution in [1.82, 2.24) is 0 Å². The van der Waals surface area contributed by atoms with E-state index in [1.807, 2.05) is 24.5 Å². The summed E-state index contributed by atoms with van der Waals surface area (Å²) in [5, 5.41) is 0.715. The summed E-state index contributed by atoms with van der Waals surface area (Å²) in [5.41, 5.74) is 0.781. The summed E-state index contributed by atoms with van der Waals surface area (Å²) in [7, 11) is 0. The smallest absolute Gasteiger partial charge is 0.163 e. The van der Waals surface area contributed by atoms with E-state index in [1.54, 1.807) is 11.8 Å². The Labute approximate surface area is 105 Å². The molecule has 0 N–H and O–H groups in total. The van der Waals surface area contributed by atoms with Crippen molar-refractivity contribution in [3.05, 3.63) is 28.2 Å². The zero-order chi connectivity index (χ0) is 10.6. The minimum Gasteiger partial charge on any atom is -0.294 e. The SMILES string of the molecule is CSc1cc(Br)cc(C(=O)CCBr)c1. The normalized spacial score (nSPS) is 10.2. The third kappa shape index (κ3) is 3.41. The van der Waals surface area contributed by atoms with Crippen molar-refractivity contribution in [2.75, 3.05) is 11.6 Å².